The molecule has 0 bridgehead atoms. The minimum absolute atomic E-state index is 0. The molecule has 0 aliphatic carbocycles. The van der Waals surface area contributed by atoms with Gasteiger partial charge in [-0.3, -0.25) is 0 Å². The quantitative estimate of drug-likeness (QED) is 0.312. The van der Waals surface area contributed by atoms with Crippen LogP contribution in [0.5, 0.6) is 0 Å². The van der Waals surface area contributed by atoms with Crippen LogP contribution in [0.1, 0.15) is 0 Å². The van der Waals surface area contributed by atoms with Crippen molar-refractivity contribution in [2.24, 2.45) is 0 Å². The Balaban J connectivity index is -0.0000000450. The standard InChI is InChI=1S/3ClH.Ga.HI.Na/h3*1H;;1H;/q;;;+3;;+1/p-4. The fourth-order valence-corrected chi connectivity index (χ4v) is 0. The van der Waals surface area contributed by atoms with Crippen LogP contribution in [0.15, 0.2) is 0 Å². The molecule has 0 amide bonds. The van der Waals surface area contributed by atoms with E-state index in [0.29, 0.717) is 0 Å². The third kappa shape index (κ3) is 26.9. The van der Waals surface area contributed by atoms with Gasteiger partial charge in [0.15, 0.2) is 0 Å². The Morgan fingerprint density at radius 2 is 1.00 bits per heavy atom. The first kappa shape index (κ1) is 16.1. The van der Waals surface area contributed by atoms with Crippen LogP contribution >= 0.6 is 28.9 Å². The van der Waals surface area contributed by atoms with E-state index in [-0.39, 0.29) is 53.5 Å². The summed E-state index contributed by atoms with van der Waals surface area (Å²) in [6.07, 6.45) is 0. The molecular formula is Cl3GaINa. The Bertz CT molecular complexity index is 15.5. The van der Waals surface area contributed by atoms with Gasteiger partial charge in [0.25, 0.3) is 0 Å². The van der Waals surface area contributed by atoms with Gasteiger partial charge in [-0.05, 0) is 0 Å². The second-order valence-electron chi connectivity index (χ2n) is 0.247. The Morgan fingerprint density at radius 1 is 1.00 bits per heavy atom. The summed E-state index contributed by atoms with van der Waals surface area (Å²) in [7, 11) is 15.0. The average molecular weight is 326 g/mol. The van der Waals surface area contributed by atoms with Crippen molar-refractivity contribution in [1.82, 2.24) is 0 Å². The van der Waals surface area contributed by atoms with Crippen LogP contribution in [0.25, 0.3) is 0 Å². The minimum atomic E-state index is -2.06. The first-order valence-electron chi connectivity index (χ1n) is 0.655. The van der Waals surface area contributed by atoms with Crippen LogP contribution in [0, 0.1) is 0 Å². The minimum Gasteiger partial charge on any atom is -1.00 e. The maximum Gasteiger partial charge on any atom is 1.00 e. The summed E-state index contributed by atoms with van der Waals surface area (Å²) in [6.45, 7) is 0. The molecule has 0 aromatic carbocycles. The summed E-state index contributed by atoms with van der Waals surface area (Å²) in [5, 5.41) is 0. The SMILES string of the molecule is [Cl][Ga]([Cl])[Cl].[I-].[Na+]. The molecular weight excluding hydrogens is 326 g/mol. The molecule has 0 aromatic rings. The summed E-state index contributed by atoms with van der Waals surface area (Å²) >= 11 is -2.06. The largest absolute Gasteiger partial charge is 1.00 e. The zero-order chi connectivity index (χ0) is 3.58. The average Bonchev–Trinajstić information content (AvgIpc) is 0.811. The van der Waals surface area contributed by atoms with Gasteiger partial charge in [0.2, 0.25) is 0 Å². The van der Waals surface area contributed by atoms with Gasteiger partial charge in [-0.1, -0.05) is 0 Å². The summed E-state index contributed by atoms with van der Waals surface area (Å²) in [5.74, 6) is 0. The maximum absolute atomic E-state index is 4.99. The number of hydrogen-bond donors (Lipinski definition) is 0. The van der Waals surface area contributed by atoms with Gasteiger partial charge >= 0.3 is 71.7 Å². The number of halogens is 4. The summed E-state index contributed by atoms with van der Waals surface area (Å²) in [6, 6.07) is 0. The molecule has 0 radical (unpaired) electrons. The summed E-state index contributed by atoms with van der Waals surface area (Å²) in [4.78, 5) is 0. The molecule has 0 aliphatic rings. The second kappa shape index (κ2) is 11.1. The van der Waals surface area contributed by atoms with Crippen molar-refractivity contribution >= 4 is 42.1 Å². The topological polar surface area (TPSA) is 0 Å². The zero-order valence-corrected chi connectivity index (χ0v) is 11.9. The van der Waals surface area contributed by atoms with E-state index in [0.717, 1.165) is 0 Å². The van der Waals surface area contributed by atoms with E-state index in [1.54, 1.807) is 0 Å². The normalized spacial score (nSPS) is 4.50. The Hall–Kier alpha value is 3.24. The van der Waals surface area contributed by atoms with E-state index in [2.05, 4.69) is 0 Å². The van der Waals surface area contributed by atoms with E-state index in [1.165, 1.54) is 0 Å². The molecule has 6 heavy (non-hydrogen) atoms. The van der Waals surface area contributed by atoms with Crippen LogP contribution in [-0.4, -0.2) is 13.2 Å². The van der Waals surface area contributed by atoms with Crippen LogP contribution in [0.4, 0.5) is 0 Å². The fraction of sp³-hybridized carbons (Fsp3) is 0. The molecule has 32 valence electrons. The molecule has 0 saturated heterocycles. The van der Waals surface area contributed by atoms with Crippen molar-refractivity contribution in [3.8, 4) is 0 Å². The molecule has 0 heterocycles. The van der Waals surface area contributed by atoms with Gasteiger partial charge in [-0.2, -0.15) is 0 Å². The molecule has 0 unspecified atom stereocenters. The van der Waals surface area contributed by atoms with Crippen LogP contribution in [-0.2, 0) is 0 Å². The van der Waals surface area contributed by atoms with Gasteiger partial charge in [0, 0.05) is 0 Å². The van der Waals surface area contributed by atoms with Crippen LogP contribution in [0.3, 0.4) is 0 Å². The second-order valence-corrected chi connectivity index (χ2v) is 11.6. The predicted molar refractivity (Wildman–Crippen MR) is 23.3 cm³/mol. The van der Waals surface area contributed by atoms with E-state index in [4.69, 9.17) is 28.9 Å². The van der Waals surface area contributed by atoms with Crippen LogP contribution in [0.2, 0.25) is 0 Å². The summed E-state index contributed by atoms with van der Waals surface area (Å²) in [5.41, 5.74) is 0. The summed E-state index contributed by atoms with van der Waals surface area (Å²) < 4.78 is 0. The molecule has 0 aromatic heterocycles. The number of rotatable bonds is 0. The van der Waals surface area contributed by atoms with Crippen LogP contribution < -0.4 is 53.5 Å². The third-order valence-electron chi connectivity index (χ3n) is 0. The van der Waals surface area contributed by atoms with Crippen molar-refractivity contribution in [2.75, 3.05) is 0 Å². The zero-order valence-electron chi connectivity index (χ0n) is 3.09. The number of hydrogen-bond acceptors (Lipinski definition) is 0. The Labute approximate surface area is 93.7 Å². The van der Waals surface area contributed by atoms with E-state index < -0.39 is 13.2 Å². The Kier molecular flexibility index (Phi) is 29.8. The van der Waals surface area contributed by atoms with Gasteiger partial charge < -0.3 is 24.0 Å². The van der Waals surface area contributed by atoms with Gasteiger partial charge in [0.1, 0.15) is 0 Å². The molecule has 0 nitrogen and oxygen atoms in total. The van der Waals surface area contributed by atoms with Gasteiger partial charge in [0.05, 0.1) is 0 Å². The van der Waals surface area contributed by atoms with Crippen molar-refractivity contribution in [2.45, 2.75) is 0 Å². The first-order chi connectivity index (χ1) is 1.73. The third-order valence-corrected chi connectivity index (χ3v) is 0. The predicted octanol–water partition coefficient (Wildman–Crippen LogP) is -4.30. The van der Waals surface area contributed by atoms with Crippen molar-refractivity contribution in [3.63, 3.8) is 0 Å². The van der Waals surface area contributed by atoms with E-state index in [9.17, 15) is 0 Å². The maximum atomic E-state index is 4.99. The van der Waals surface area contributed by atoms with Gasteiger partial charge in [-0.15, -0.1) is 0 Å². The van der Waals surface area contributed by atoms with Crippen molar-refractivity contribution in [1.29, 1.82) is 0 Å². The molecule has 0 saturated carbocycles. The molecule has 0 aliphatic heterocycles. The molecule has 0 atom stereocenters. The monoisotopic (exact) mass is 324 g/mol. The first-order valence-corrected chi connectivity index (χ1v) is 10.2. The molecule has 0 rings (SSSR count). The fourth-order valence-electron chi connectivity index (χ4n) is 0. The molecule has 0 spiro atoms. The van der Waals surface area contributed by atoms with E-state index >= 15 is 0 Å². The van der Waals surface area contributed by atoms with Crippen molar-refractivity contribution < 1.29 is 53.5 Å². The van der Waals surface area contributed by atoms with Crippen molar-refractivity contribution in [3.05, 3.63) is 0 Å². The molecule has 0 N–H and O–H groups in total. The Morgan fingerprint density at radius 3 is 1.00 bits per heavy atom. The van der Waals surface area contributed by atoms with Gasteiger partial charge in [-0.25, -0.2) is 0 Å². The molecule has 6 heteroatoms. The molecule has 0 fully saturated rings. The van der Waals surface area contributed by atoms with E-state index in [1.807, 2.05) is 0 Å². The smallest absolute Gasteiger partial charge is 1.00 e.